The Morgan fingerprint density at radius 2 is 1.94 bits per heavy atom. The summed E-state index contributed by atoms with van der Waals surface area (Å²) in [6.45, 7) is 0. The third-order valence-electron chi connectivity index (χ3n) is 3.66. The van der Waals surface area contributed by atoms with E-state index in [-0.39, 0.29) is 11.9 Å². The Kier molecular flexibility index (Phi) is 3.68. The van der Waals surface area contributed by atoms with E-state index >= 15 is 0 Å². The third kappa shape index (κ3) is 2.13. The highest BCUT2D eigenvalue weighted by Crippen LogP contribution is 2.33. The standard InChI is InChI=1S/C14H19NO3/c1-17-11-7-5-10(6-8-11)14(15)9-3-4-12(18-2)13(14)16/h5-8,12H,3-4,9,15H2,1-2H3/t12-,14-/m1/s1. The molecule has 2 rings (SSSR count). The lowest BCUT2D eigenvalue weighted by molar-refractivity contribution is -0.138. The zero-order chi connectivity index (χ0) is 13.2. The van der Waals surface area contributed by atoms with Crippen molar-refractivity contribution in [3.8, 4) is 5.75 Å². The molecule has 98 valence electrons. The number of rotatable bonds is 3. The average molecular weight is 249 g/mol. The van der Waals surface area contributed by atoms with Crippen LogP contribution in [0.3, 0.4) is 0 Å². The van der Waals surface area contributed by atoms with Crippen LogP contribution in [0, 0.1) is 0 Å². The smallest absolute Gasteiger partial charge is 0.185 e. The molecular weight excluding hydrogens is 230 g/mol. The van der Waals surface area contributed by atoms with Gasteiger partial charge in [0.15, 0.2) is 5.78 Å². The Hall–Kier alpha value is -1.39. The number of benzene rings is 1. The predicted molar refractivity (Wildman–Crippen MR) is 68.5 cm³/mol. The van der Waals surface area contributed by atoms with Crippen molar-refractivity contribution < 1.29 is 14.3 Å². The molecule has 1 fully saturated rings. The van der Waals surface area contributed by atoms with Crippen LogP contribution in [0.25, 0.3) is 0 Å². The zero-order valence-corrected chi connectivity index (χ0v) is 10.8. The number of Topliss-reactive ketones (excluding diaryl/α,β-unsaturated/α-hetero) is 1. The molecule has 0 saturated heterocycles. The number of carbonyl (C=O) groups excluding carboxylic acids is 1. The second-order valence-electron chi connectivity index (χ2n) is 4.68. The lowest BCUT2D eigenvalue weighted by Crippen LogP contribution is -2.53. The number of ether oxygens (including phenoxy) is 2. The van der Waals surface area contributed by atoms with E-state index in [1.54, 1.807) is 14.2 Å². The fourth-order valence-corrected chi connectivity index (χ4v) is 2.51. The first-order valence-corrected chi connectivity index (χ1v) is 6.12. The van der Waals surface area contributed by atoms with E-state index in [9.17, 15) is 4.79 Å². The maximum absolute atomic E-state index is 12.4. The number of hydrogen-bond acceptors (Lipinski definition) is 4. The molecule has 4 nitrogen and oxygen atoms in total. The average Bonchev–Trinajstić information content (AvgIpc) is 2.42. The topological polar surface area (TPSA) is 61.6 Å². The molecule has 1 saturated carbocycles. The van der Waals surface area contributed by atoms with Crippen molar-refractivity contribution >= 4 is 5.78 Å². The maximum atomic E-state index is 12.4. The minimum atomic E-state index is -0.925. The number of ketones is 1. The lowest BCUT2D eigenvalue weighted by atomic mass is 9.75. The van der Waals surface area contributed by atoms with Gasteiger partial charge in [-0.3, -0.25) is 4.79 Å². The van der Waals surface area contributed by atoms with Gasteiger partial charge in [-0.15, -0.1) is 0 Å². The van der Waals surface area contributed by atoms with Gasteiger partial charge in [0.05, 0.1) is 7.11 Å². The van der Waals surface area contributed by atoms with Gasteiger partial charge in [-0.05, 0) is 37.0 Å². The summed E-state index contributed by atoms with van der Waals surface area (Å²) in [5.41, 5.74) is 6.21. The summed E-state index contributed by atoms with van der Waals surface area (Å²) in [5.74, 6) is 0.732. The number of nitrogens with two attached hydrogens (primary N) is 1. The van der Waals surface area contributed by atoms with E-state index < -0.39 is 5.54 Å². The fourth-order valence-electron chi connectivity index (χ4n) is 2.51. The number of hydrogen-bond donors (Lipinski definition) is 1. The van der Waals surface area contributed by atoms with Crippen LogP contribution in [-0.2, 0) is 15.1 Å². The molecule has 0 unspecified atom stereocenters. The van der Waals surface area contributed by atoms with Gasteiger partial charge in [0.2, 0.25) is 0 Å². The molecule has 1 aliphatic carbocycles. The van der Waals surface area contributed by atoms with Gasteiger partial charge in [0.25, 0.3) is 0 Å². The van der Waals surface area contributed by atoms with Gasteiger partial charge in [0.1, 0.15) is 17.4 Å². The molecule has 2 atom stereocenters. The SMILES string of the molecule is COc1ccc([C@]2(N)CCC[C@@H](OC)C2=O)cc1. The number of methoxy groups -OCH3 is 2. The van der Waals surface area contributed by atoms with Crippen molar-refractivity contribution in [2.75, 3.05) is 14.2 Å². The van der Waals surface area contributed by atoms with E-state index in [1.807, 2.05) is 24.3 Å². The van der Waals surface area contributed by atoms with Crippen molar-refractivity contribution in [2.24, 2.45) is 5.73 Å². The van der Waals surface area contributed by atoms with Crippen molar-refractivity contribution in [1.29, 1.82) is 0 Å². The van der Waals surface area contributed by atoms with Gasteiger partial charge in [-0.25, -0.2) is 0 Å². The summed E-state index contributed by atoms with van der Waals surface area (Å²) in [5, 5.41) is 0. The fraction of sp³-hybridized carbons (Fsp3) is 0.500. The molecule has 0 amide bonds. The van der Waals surface area contributed by atoms with E-state index in [0.29, 0.717) is 6.42 Å². The first kappa shape index (κ1) is 13.1. The Balaban J connectivity index is 2.30. The Morgan fingerprint density at radius 1 is 1.28 bits per heavy atom. The van der Waals surface area contributed by atoms with Gasteiger partial charge in [-0.1, -0.05) is 12.1 Å². The summed E-state index contributed by atoms with van der Waals surface area (Å²) in [6, 6.07) is 7.37. The van der Waals surface area contributed by atoms with Crippen molar-refractivity contribution in [3.63, 3.8) is 0 Å². The minimum absolute atomic E-state index is 0.0265. The Labute approximate surface area is 107 Å². The first-order valence-electron chi connectivity index (χ1n) is 6.12. The quantitative estimate of drug-likeness (QED) is 0.884. The van der Waals surface area contributed by atoms with Crippen molar-refractivity contribution in [3.05, 3.63) is 29.8 Å². The molecule has 0 heterocycles. The second-order valence-corrected chi connectivity index (χ2v) is 4.68. The molecule has 0 aromatic heterocycles. The number of carbonyl (C=O) groups is 1. The molecule has 1 aliphatic rings. The summed E-state index contributed by atoms with van der Waals surface area (Å²) in [6.07, 6.45) is 1.93. The monoisotopic (exact) mass is 249 g/mol. The van der Waals surface area contributed by atoms with Crippen LogP contribution in [0.2, 0.25) is 0 Å². The molecule has 2 N–H and O–H groups in total. The summed E-state index contributed by atoms with van der Waals surface area (Å²) >= 11 is 0. The van der Waals surface area contributed by atoms with Crippen LogP contribution in [0.15, 0.2) is 24.3 Å². The van der Waals surface area contributed by atoms with Gasteiger partial charge in [0, 0.05) is 7.11 Å². The second kappa shape index (κ2) is 5.08. The lowest BCUT2D eigenvalue weighted by Gasteiger charge is -2.36. The van der Waals surface area contributed by atoms with Crippen LogP contribution in [0.4, 0.5) is 0 Å². The summed E-state index contributed by atoms with van der Waals surface area (Å²) in [7, 11) is 3.17. The van der Waals surface area contributed by atoms with Crippen molar-refractivity contribution in [2.45, 2.75) is 30.9 Å². The molecule has 0 bridgehead atoms. The largest absolute Gasteiger partial charge is 0.497 e. The molecule has 18 heavy (non-hydrogen) atoms. The van der Waals surface area contributed by atoms with Gasteiger partial charge >= 0.3 is 0 Å². The van der Waals surface area contributed by atoms with E-state index in [4.69, 9.17) is 15.2 Å². The third-order valence-corrected chi connectivity index (χ3v) is 3.66. The molecule has 0 aliphatic heterocycles. The van der Waals surface area contributed by atoms with Crippen LogP contribution in [-0.4, -0.2) is 26.1 Å². The minimum Gasteiger partial charge on any atom is -0.497 e. The Bertz CT molecular complexity index is 429. The zero-order valence-electron chi connectivity index (χ0n) is 10.8. The summed E-state index contributed by atoms with van der Waals surface area (Å²) in [4.78, 5) is 12.4. The van der Waals surface area contributed by atoms with E-state index in [1.165, 1.54) is 0 Å². The predicted octanol–water partition coefficient (Wildman–Crippen LogP) is 1.62. The molecule has 1 aromatic rings. The highest BCUT2D eigenvalue weighted by molar-refractivity contribution is 5.93. The van der Waals surface area contributed by atoms with Gasteiger partial charge < -0.3 is 15.2 Å². The molecule has 1 aromatic carbocycles. The first-order chi connectivity index (χ1) is 8.61. The van der Waals surface area contributed by atoms with E-state index in [0.717, 1.165) is 24.2 Å². The van der Waals surface area contributed by atoms with E-state index in [2.05, 4.69) is 0 Å². The molecule has 4 heteroatoms. The maximum Gasteiger partial charge on any atom is 0.185 e. The summed E-state index contributed by atoms with van der Waals surface area (Å²) < 4.78 is 10.3. The van der Waals surface area contributed by atoms with Gasteiger partial charge in [-0.2, -0.15) is 0 Å². The molecule has 0 radical (unpaired) electrons. The molecular formula is C14H19NO3. The van der Waals surface area contributed by atoms with Crippen LogP contribution in [0.5, 0.6) is 5.75 Å². The highest BCUT2D eigenvalue weighted by Gasteiger charge is 2.43. The normalized spacial score (nSPS) is 28.2. The highest BCUT2D eigenvalue weighted by atomic mass is 16.5. The Morgan fingerprint density at radius 3 is 2.50 bits per heavy atom. The van der Waals surface area contributed by atoms with Crippen LogP contribution < -0.4 is 10.5 Å². The molecule has 0 spiro atoms. The van der Waals surface area contributed by atoms with Crippen LogP contribution in [0.1, 0.15) is 24.8 Å². The van der Waals surface area contributed by atoms with Crippen molar-refractivity contribution in [1.82, 2.24) is 0 Å². The van der Waals surface area contributed by atoms with Crippen LogP contribution >= 0.6 is 0 Å².